The van der Waals surface area contributed by atoms with Gasteiger partial charge in [-0.1, -0.05) is 24.3 Å². The van der Waals surface area contributed by atoms with Crippen LogP contribution < -0.4 is 14.8 Å². The molecule has 0 radical (unpaired) electrons. The Hall–Kier alpha value is -3.02. The van der Waals surface area contributed by atoms with Crippen LogP contribution in [0, 0.1) is 5.92 Å². The van der Waals surface area contributed by atoms with E-state index in [-0.39, 0.29) is 23.7 Å². The fourth-order valence-electron chi connectivity index (χ4n) is 4.73. The molecule has 0 saturated heterocycles. The number of carboxylic acids is 1. The minimum absolute atomic E-state index is 0.0849. The van der Waals surface area contributed by atoms with E-state index in [4.69, 9.17) is 9.47 Å². The van der Waals surface area contributed by atoms with Gasteiger partial charge < -0.3 is 19.9 Å². The minimum atomic E-state index is -0.982. The average molecular weight is 395 g/mol. The summed E-state index contributed by atoms with van der Waals surface area (Å²) in [6.07, 6.45) is 2.56. The van der Waals surface area contributed by atoms with Crippen LogP contribution >= 0.6 is 0 Å². The summed E-state index contributed by atoms with van der Waals surface area (Å²) in [5, 5.41) is 12.4. The first kappa shape index (κ1) is 19.3. The molecule has 6 heteroatoms. The number of carbonyl (C=O) groups is 2. The van der Waals surface area contributed by atoms with Gasteiger partial charge in [-0.3, -0.25) is 9.59 Å². The van der Waals surface area contributed by atoms with Crippen LogP contribution in [-0.4, -0.2) is 31.2 Å². The van der Waals surface area contributed by atoms with E-state index in [9.17, 15) is 14.7 Å². The predicted octanol–water partition coefficient (Wildman–Crippen LogP) is 3.24. The highest BCUT2D eigenvalue weighted by atomic mass is 16.5. The summed E-state index contributed by atoms with van der Waals surface area (Å²) in [5.74, 6) is -0.0928. The van der Waals surface area contributed by atoms with Crippen molar-refractivity contribution in [2.45, 2.75) is 37.1 Å². The Labute approximate surface area is 169 Å². The molecule has 1 amide bonds. The number of hydrogen-bond donors (Lipinski definition) is 2. The molecule has 2 aromatic carbocycles. The van der Waals surface area contributed by atoms with Crippen molar-refractivity contribution in [1.82, 2.24) is 5.32 Å². The summed E-state index contributed by atoms with van der Waals surface area (Å²) in [7, 11) is 3.07. The molecule has 1 spiro atoms. The predicted molar refractivity (Wildman–Crippen MR) is 107 cm³/mol. The van der Waals surface area contributed by atoms with Gasteiger partial charge in [0.15, 0.2) is 0 Å². The minimum Gasteiger partial charge on any atom is -0.497 e. The lowest BCUT2D eigenvalue weighted by atomic mass is 9.94. The fourth-order valence-corrected chi connectivity index (χ4v) is 4.73. The third-order valence-electron chi connectivity index (χ3n) is 6.30. The van der Waals surface area contributed by atoms with Gasteiger partial charge in [0.05, 0.1) is 26.7 Å². The Morgan fingerprint density at radius 3 is 2.72 bits per heavy atom. The van der Waals surface area contributed by atoms with Gasteiger partial charge in [0.2, 0.25) is 5.91 Å². The first-order valence-electron chi connectivity index (χ1n) is 9.81. The van der Waals surface area contributed by atoms with Crippen molar-refractivity contribution >= 4 is 11.9 Å². The third-order valence-corrected chi connectivity index (χ3v) is 6.30. The highest BCUT2D eigenvalue weighted by Gasteiger charge is 2.61. The molecule has 1 fully saturated rings. The number of ether oxygens (including phenoxy) is 2. The van der Waals surface area contributed by atoms with E-state index in [0.717, 1.165) is 19.3 Å². The van der Waals surface area contributed by atoms with Crippen LogP contribution in [-0.2, 0) is 21.4 Å². The van der Waals surface area contributed by atoms with Crippen LogP contribution in [0.1, 0.15) is 42.0 Å². The molecule has 2 aliphatic carbocycles. The molecule has 2 N–H and O–H groups in total. The number of nitrogens with one attached hydrogen (secondary N) is 1. The van der Waals surface area contributed by atoms with Crippen molar-refractivity contribution in [3.05, 3.63) is 59.2 Å². The molecule has 152 valence electrons. The standard InChI is InChI=1S/C23H25NO5/c1-28-15-7-8-16(20(11-15)29-2)19(12-21(25)26)24-22(27)18-13-23(18)10-9-14-5-3-4-6-17(14)23/h3-8,11,18-19H,9-10,12-13H2,1-2H3,(H,24,27)(H,25,26). The molecule has 3 unspecified atom stereocenters. The molecule has 6 nitrogen and oxygen atoms in total. The summed E-state index contributed by atoms with van der Waals surface area (Å²) in [4.78, 5) is 24.6. The van der Waals surface area contributed by atoms with Crippen LogP contribution in [0.2, 0.25) is 0 Å². The van der Waals surface area contributed by atoms with Gasteiger partial charge >= 0.3 is 5.97 Å². The Bertz CT molecular complexity index is 956. The maximum absolute atomic E-state index is 13.1. The molecule has 4 rings (SSSR count). The van der Waals surface area contributed by atoms with Crippen LogP contribution in [0.15, 0.2) is 42.5 Å². The molecule has 0 aromatic heterocycles. The summed E-state index contributed by atoms with van der Waals surface area (Å²) in [6.45, 7) is 0. The van der Waals surface area contributed by atoms with Crippen molar-refractivity contribution in [3.63, 3.8) is 0 Å². The lowest BCUT2D eigenvalue weighted by molar-refractivity contribution is -0.137. The van der Waals surface area contributed by atoms with Crippen molar-refractivity contribution in [2.24, 2.45) is 5.92 Å². The second-order valence-corrected chi connectivity index (χ2v) is 7.84. The van der Waals surface area contributed by atoms with Gasteiger partial charge in [-0.25, -0.2) is 0 Å². The number of carbonyl (C=O) groups excluding carboxylic acids is 1. The fraction of sp³-hybridized carbons (Fsp3) is 0.391. The number of fused-ring (bicyclic) bond motifs is 2. The Kier molecular flexibility index (Phi) is 4.94. The van der Waals surface area contributed by atoms with Crippen LogP contribution in [0.3, 0.4) is 0 Å². The van der Waals surface area contributed by atoms with Crippen molar-refractivity contribution in [3.8, 4) is 11.5 Å². The monoisotopic (exact) mass is 395 g/mol. The third kappa shape index (κ3) is 3.43. The summed E-state index contributed by atoms with van der Waals surface area (Å²) in [5.41, 5.74) is 3.14. The number of benzene rings is 2. The van der Waals surface area contributed by atoms with E-state index < -0.39 is 12.0 Å². The van der Waals surface area contributed by atoms with E-state index in [1.54, 1.807) is 25.3 Å². The van der Waals surface area contributed by atoms with E-state index in [0.29, 0.717) is 17.1 Å². The number of rotatable bonds is 7. The summed E-state index contributed by atoms with van der Waals surface area (Å²) in [6, 6.07) is 12.8. The van der Waals surface area contributed by atoms with E-state index >= 15 is 0 Å². The zero-order valence-electron chi connectivity index (χ0n) is 16.6. The van der Waals surface area contributed by atoms with Gasteiger partial charge in [0.25, 0.3) is 0 Å². The molecule has 0 aliphatic heterocycles. The molecule has 0 heterocycles. The first-order chi connectivity index (χ1) is 14.0. The highest BCUT2D eigenvalue weighted by molar-refractivity contribution is 5.86. The molecule has 2 aromatic rings. The lowest BCUT2D eigenvalue weighted by Crippen LogP contribution is -2.33. The van der Waals surface area contributed by atoms with Gasteiger partial charge in [-0.05, 0) is 42.5 Å². The second kappa shape index (κ2) is 7.43. The Morgan fingerprint density at radius 1 is 1.21 bits per heavy atom. The van der Waals surface area contributed by atoms with E-state index in [1.807, 2.05) is 12.1 Å². The van der Waals surface area contributed by atoms with E-state index in [1.165, 1.54) is 18.2 Å². The number of amides is 1. The SMILES string of the molecule is COc1ccc(C(CC(=O)O)NC(=O)C2CC23CCc2ccccc23)c(OC)c1. The van der Waals surface area contributed by atoms with Crippen LogP contribution in [0.5, 0.6) is 11.5 Å². The van der Waals surface area contributed by atoms with Crippen LogP contribution in [0.4, 0.5) is 0 Å². The Balaban J connectivity index is 1.56. The highest BCUT2D eigenvalue weighted by Crippen LogP contribution is 2.61. The first-order valence-corrected chi connectivity index (χ1v) is 9.81. The summed E-state index contributed by atoms with van der Waals surface area (Å²) < 4.78 is 10.6. The Morgan fingerprint density at radius 2 is 2.00 bits per heavy atom. The van der Waals surface area contributed by atoms with Gasteiger partial charge in [-0.15, -0.1) is 0 Å². The molecule has 1 saturated carbocycles. The molecule has 29 heavy (non-hydrogen) atoms. The molecule has 3 atom stereocenters. The lowest BCUT2D eigenvalue weighted by Gasteiger charge is -2.21. The zero-order chi connectivity index (χ0) is 20.6. The van der Waals surface area contributed by atoms with Crippen molar-refractivity contribution in [1.29, 1.82) is 0 Å². The summed E-state index contributed by atoms with van der Waals surface area (Å²) >= 11 is 0. The maximum atomic E-state index is 13.1. The van der Waals surface area contributed by atoms with Crippen molar-refractivity contribution in [2.75, 3.05) is 14.2 Å². The van der Waals surface area contributed by atoms with Gasteiger partial charge in [-0.2, -0.15) is 0 Å². The number of carboxylic acid groups (broad SMARTS) is 1. The molecular formula is C23H25NO5. The zero-order valence-corrected chi connectivity index (χ0v) is 16.6. The van der Waals surface area contributed by atoms with Crippen LogP contribution in [0.25, 0.3) is 0 Å². The molecular weight excluding hydrogens is 370 g/mol. The quantitative estimate of drug-likeness (QED) is 0.752. The number of aryl methyl sites for hydroxylation is 1. The maximum Gasteiger partial charge on any atom is 0.305 e. The van der Waals surface area contributed by atoms with E-state index in [2.05, 4.69) is 17.4 Å². The number of hydrogen-bond acceptors (Lipinski definition) is 4. The van der Waals surface area contributed by atoms with Gasteiger partial charge in [0.1, 0.15) is 11.5 Å². The largest absolute Gasteiger partial charge is 0.497 e. The number of methoxy groups -OCH3 is 2. The normalized spacial score (nSPS) is 22.6. The smallest absolute Gasteiger partial charge is 0.305 e. The number of aliphatic carboxylic acids is 1. The molecule has 2 aliphatic rings. The second-order valence-electron chi connectivity index (χ2n) is 7.84. The topological polar surface area (TPSA) is 84.9 Å². The van der Waals surface area contributed by atoms with Crippen molar-refractivity contribution < 1.29 is 24.2 Å². The average Bonchev–Trinajstić information content (AvgIpc) is 3.35. The molecule has 0 bridgehead atoms. The van der Waals surface area contributed by atoms with Gasteiger partial charge in [0, 0.05) is 23.0 Å².